The van der Waals surface area contributed by atoms with Gasteiger partial charge in [-0.3, -0.25) is 9.69 Å². The first-order valence-corrected chi connectivity index (χ1v) is 6.55. The molecular formula is C12H23N3OS. The Morgan fingerprint density at radius 1 is 1.47 bits per heavy atom. The zero-order valence-corrected chi connectivity index (χ0v) is 11.8. The van der Waals surface area contributed by atoms with E-state index in [4.69, 9.17) is 18.0 Å². The fourth-order valence-corrected chi connectivity index (χ4v) is 2.41. The van der Waals surface area contributed by atoms with Crippen LogP contribution in [0.15, 0.2) is 0 Å². The van der Waals surface area contributed by atoms with Crippen molar-refractivity contribution >= 4 is 23.1 Å². The average Bonchev–Trinajstić information content (AvgIpc) is 2.14. The molecule has 0 radical (unpaired) electrons. The normalized spacial score (nSPS) is 22.2. The number of thiocarbonyl (C=S) groups is 1. The minimum Gasteiger partial charge on any atom is -0.392 e. The molecule has 17 heavy (non-hydrogen) atoms. The number of piperidine rings is 1. The third-order valence-electron chi connectivity index (χ3n) is 2.80. The molecule has 4 nitrogen and oxygen atoms in total. The van der Waals surface area contributed by atoms with Gasteiger partial charge in [0.25, 0.3) is 0 Å². The number of hydrogen-bond acceptors (Lipinski definition) is 3. The standard InChI is InChI=1S/C12H23N3OS/c1-12(2,3)14-10(16)8-15-7-5-4-6-9(15)11(13)17/h9H,4-8H2,1-3H3,(H2,13,17)(H,14,16). The molecule has 1 aliphatic rings. The van der Waals surface area contributed by atoms with E-state index in [0.717, 1.165) is 25.8 Å². The third kappa shape index (κ3) is 5.00. The summed E-state index contributed by atoms with van der Waals surface area (Å²) in [5, 5.41) is 2.96. The van der Waals surface area contributed by atoms with Gasteiger partial charge in [-0.25, -0.2) is 0 Å². The topological polar surface area (TPSA) is 58.4 Å². The van der Waals surface area contributed by atoms with Crippen LogP contribution in [0.5, 0.6) is 0 Å². The zero-order valence-electron chi connectivity index (χ0n) is 11.0. The maximum absolute atomic E-state index is 11.9. The summed E-state index contributed by atoms with van der Waals surface area (Å²) in [5.74, 6) is 0.0423. The van der Waals surface area contributed by atoms with Crippen molar-refractivity contribution in [2.75, 3.05) is 13.1 Å². The Kier molecular flexibility index (Phi) is 4.89. The minimum absolute atomic E-state index is 0.0423. The summed E-state index contributed by atoms with van der Waals surface area (Å²) in [4.78, 5) is 14.5. The van der Waals surface area contributed by atoms with E-state index in [1.165, 1.54) is 0 Å². The second-order valence-electron chi connectivity index (χ2n) is 5.68. The number of carbonyl (C=O) groups is 1. The number of hydrogen-bond donors (Lipinski definition) is 2. The van der Waals surface area contributed by atoms with E-state index < -0.39 is 0 Å². The Hall–Kier alpha value is -0.680. The minimum atomic E-state index is -0.189. The van der Waals surface area contributed by atoms with Gasteiger partial charge in [-0.05, 0) is 40.2 Å². The predicted molar refractivity (Wildman–Crippen MR) is 73.9 cm³/mol. The molecule has 1 heterocycles. The van der Waals surface area contributed by atoms with Crippen molar-refractivity contribution in [3.63, 3.8) is 0 Å². The van der Waals surface area contributed by atoms with Crippen molar-refractivity contribution in [2.24, 2.45) is 5.73 Å². The van der Waals surface area contributed by atoms with Crippen LogP contribution in [0.25, 0.3) is 0 Å². The Balaban J connectivity index is 2.53. The molecule has 0 saturated carbocycles. The number of carbonyl (C=O) groups excluding carboxylic acids is 1. The van der Waals surface area contributed by atoms with Gasteiger partial charge in [-0.1, -0.05) is 18.6 Å². The molecule has 5 heteroatoms. The maximum Gasteiger partial charge on any atom is 0.234 e. The highest BCUT2D eigenvalue weighted by Gasteiger charge is 2.27. The number of nitrogens with one attached hydrogen (secondary N) is 1. The molecule has 1 aliphatic heterocycles. The SMILES string of the molecule is CC(C)(C)NC(=O)CN1CCCCC1C(N)=S. The summed E-state index contributed by atoms with van der Waals surface area (Å²) in [6, 6.07) is 0.0875. The lowest BCUT2D eigenvalue weighted by molar-refractivity contribution is -0.124. The Bertz CT molecular complexity index is 299. The van der Waals surface area contributed by atoms with Gasteiger partial charge in [-0.15, -0.1) is 0 Å². The maximum atomic E-state index is 11.9. The van der Waals surface area contributed by atoms with Gasteiger partial charge in [0.2, 0.25) is 5.91 Å². The van der Waals surface area contributed by atoms with Crippen LogP contribution in [0.1, 0.15) is 40.0 Å². The quantitative estimate of drug-likeness (QED) is 0.742. The second-order valence-corrected chi connectivity index (χ2v) is 6.15. The van der Waals surface area contributed by atoms with E-state index in [0.29, 0.717) is 11.5 Å². The first-order chi connectivity index (χ1) is 7.79. The van der Waals surface area contributed by atoms with Gasteiger partial charge in [0.05, 0.1) is 17.6 Å². The van der Waals surface area contributed by atoms with Crippen LogP contribution in [-0.2, 0) is 4.79 Å². The number of nitrogens with two attached hydrogens (primary N) is 1. The number of rotatable bonds is 3. The zero-order chi connectivity index (χ0) is 13.1. The molecule has 3 N–H and O–H groups in total. The first kappa shape index (κ1) is 14.4. The summed E-state index contributed by atoms with van der Waals surface area (Å²) >= 11 is 5.06. The molecule has 1 amide bonds. The van der Waals surface area contributed by atoms with Gasteiger partial charge in [0.15, 0.2) is 0 Å². The lowest BCUT2D eigenvalue weighted by atomic mass is 10.0. The van der Waals surface area contributed by atoms with Gasteiger partial charge in [0.1, 0.15) is 0 Å². The molecule has 98 valence electrons. The van der Waals surface area contributed by atoms with Gasteiger partial charge in [0, 0.05) is 5.54 Å². The molecule has 1 fully saturated rings. The van der Waals surface area contributed by atoms with Crippen LogP contribution in [0.4, 0.5) is 0 Å². The lowest BCUT2D eigenvalue weighted by Gasteiger charge is -2.35. The monoisotopic (exact) mass is 257 g/mol. The van der Waals surface area contributed by atoms with Crippen molar-refractivity contribution in [1.82, 2.24) is 10.2 Å². The van der Waals surface area contributed by atoms with E-state index in [1.807, 2.05) is 20.8 Å². The van der Waals surface area contributed by atoms with Gasteiger partial charge < -0.3 is 11.1 Å². The molecule has 0 aromatic rings. The number of amides is 1. The largest absolute Gasteiger partial charge is 0.392 e. The van der Waals surface area contributed by atoms with Crippen LogP contribution in [0, 0.1) is 0 Å². The lowest BCUT2D eigenvalue weighted by Crippen LogP contribution is -2.52. The fourth-order valence-electron chi connectivity index (χ4n) is 2.14. The number of likely N-dealkylation sites (tertiary alicyclic amines) is 1. The summed E-state index contributed by atoms with van der Waals surface area (Å²) in [6.07, 6.45) is 3.22. The van der Waals surface area contributed by atoms with E-state index in [1.54, 1.807) is 0 Å². The van der Waals surface area contributed by atoms with Crippen molar-refractivity contribution in [3.8, 4) is 0 Å². The van der Waals surface area contributed by atoms with E-state index in [9.17, 15) is 4.79 Å². The molecule has 0 spiro atoms. The molecule has 0 aromatic carbocycles. The van der Waals surface area contributed by atoms with Gasteiger partial charge >= 0.3 is 0 Å². The van der Waals surface area contributed by atoms with Crippen molar-refractivity contribution in [2.45, 2.75) is 51.6 Å². The summed E-state index contributed by atoms with van der Waals surface area (Å²) in [7, 11) is 0. The average molecular weight is 257 g/mol. The summed E-state index contributed by atoms with van der Waals surface area (Å²) < 4.78 is 0. The van der Waals surface area contributed by atoms with Crippen molar-refractivity contribution in [3.05, 3.63) is 0 Å². The second kappa shape index (κ2) is 5.78. The fraction of sp³-hybridized carbons (Fsp3) is 0.833. The molecule has 1 rings (SSSR count). The third-order valence-corrected chi connectivity index (χ3v) is 3.08. The molecular weight excluding hydrogens is 234 g/mol. The number of nitrogens with zero attached hydrogens (tertiary/aromatic N) is 1. The van der Waals surface area contributed by atoms with Gasteiger partial charge in [-0.2, -0.15) is 0 Å². The van der Waals surface area contributed by atoms with Crippen molar-refractivity contribution < 1.29 is 4.79 Å². The van der Waals surface area contributed by atoms with Crippen molar-refractivity contribution in [1.29, 1.82) is 0 Å². The highest BCUT2D eigenvalue weighted by Crippen LogP contribution is 2.16. The highest BCUT2D eigenvalue weighted by molar-refractivity contribution is 7.80. The van der Waals surface area contributed by atoms with Crippen LogP contribution in [0.3, 0.4) is 0 Å². The van der Waals surface area contributed by atoms with Crippen LogP contribution >= 0.6 is 12.2 Å². The summed E-state index contributed by atoms with van der Waals surface area (Å²) in [6.45, 7) is 7.23. The molecule has 1 unspecified atom stereocenters. The van der Waals surface area contributed by atoms with E-state index in [2.05, 4.69) is 10.2 Å². The van der Waals surface area contributed by atoms with E-state index >= 15 is 0 Å². The smallest absolute Gasteiger partial charge is 0.234 e. The Morgan fingerprint density at radius 3 is 2.65 bits per heavy atom. The van der Waals surface area contributed by atoms with Crippen LogP contribution < -0.4 is 11.1 Å². The van der Waals surface area contributed by atoms with Crippen LogP contribution in [-0.4, -0.2) is 40.5 Å². The summed E-state index contributed by atoms with van der Waals surface area (Å²) in [5.41, 5.74) is 5.53. The van der Waals surface area contributed by atoms with Crippen LogP contribution in [0.2, 0.25) is 0 Å². The first-order valence-electron chi connectivity index (χ1n) is 6.14. The molecule has 0 aliphatic carbocycles. The predicted octanol–water partition coefficient (Wildman–Crippen LogP) is 1.04. The molecule has 0 aromatic heterocycles. The Morgan fingerprint density at radius 2 is 2.12 bits per heavy atom. The molecule has 1 saturated heterocycles. The van der Waals surface area contributed by atoms with E-state index in [-0.39, 0.29) is 17.5 Å². The Labute approximate surface area is 109 Å². The highest BCUT2D eigenvalue weighted by atomic mass is 32.1. The molecule has 1 atom stereocenters. The molecule has 0 bridgehead atoms.